The molecular weight excluding hydrogens is 411 g/mol. The SMILES string of the molecule is CCC[C@H](N)C(=O)N1CCC2(CCC(=O)N(CCc3ccncc3)C2)CC1.Cl.Cl. The van der Waals surface area contributed by atoms with Crippen molar-refractivity contribution in [3.8, 4) is 0 Å². The van der Waals surface area contributed by atoms with Gasteiger partial charge in [0.2, 0.25) is 11.8 Å². The minimum atomic E-state index is -0.367. The van der Waals surface area contributed by atoms with Crippen molar-refractivity contribution in [2.45, 2.75) is 57.9 Å². The molecule has 0 aliphatic carbocycles. The molecule has 8 heteroatoms. The van der Waals surface area contributed by atoms with E-state index in [2.05, 4.69) is 11.9 Å². The van der Waals surface area contributed by atoms with Gasteiger partial charge in [0.1, 0.15) is 0 Å². The molecule has 1 spiro atoms. The predicted octanol–water partition coefficient (Wildman–Crippen LogP) is 2.83. The molecule has 6 nitrogen and oxygen atoms in total. The lowest BCUT2D eigenvalue weighted by Crippen LogP contribution is -2.54. The number of halogens is 2. The minimum Gasteiger partial charge on any atom is -0.342 e. The summed E-state index contributed by atoms with van der Waals surface area (Å²) in [6, 6.07) is 3.65. The first-order chi connectivity index (χ1) is 13.0. The van der Waals surface area contributed by atoms with E-state index in [9.17, 15) is 9.59 Å². The molecule has 0 saturated carbocycles. The molecule has 0 radical (unpaired) electrons. The van der Waals surface area contributed by atoms with Crippen LogP contribution >= 0.6 is 24.8 Å². The molecule has 2 aliphatic rings. The number of likely N-dealkylation sites (tertiary alicyclic amines) is 2. The molecule has 164 valence electrons. The Hall–Kier alpha value is -1.37. The minimum absolute atomic E-state index is 0. The highest BCUT2D eigenvalue weighted by molar-refractivity contribution is 5.85. The summed E-state index contributed by atoms with van der Waals surface area (Å²) in [5.74, 6) is 0.353. The van der Waals surface area contributed by atoms with Crippen LogP contribution in [-0.4, -0.2) is 58.8 Å². The zero-order chi connectivity index (χ0) is 19.3. The lowest BCUT2D eigenvalue weighted by atomic mass is 9.72. The van der Waals surface area contributed by atoms with Gasteiger partial charge < -0.3 is 15.5 Å². The highest BCUT2D eigenvalue weighted by Crippen LogP contribution is 2.40. The molecule has 0 aromatic carbocycles. The second-order valence-corrected chi connectivity index (χ2v) is 8.14. The van der Waals surface area contributed by atoms with Gasteiger partial charge in [0, 0.05) is 45.0 Å². The van der Waals surface area contributed by atoms with Gasteiger partial charge in [-0.15, -0.1) is 24.8 Å². The average Bonchev–Trinajstić information content (AvgIpc) is 2.70. The summed E-state index contributed by atoms with van der Waals surface area (Å²) < 4.78 is 0. The van der Waals surface area contributed by atoms with Crippen molar-refractivity contribution in [3.05, 3.63) is 30.1 Å². The normalized spacial score (nSPS) is 19.3. The summed E-state index contributed by atoms with van der Waals surface area (Å²) in [4.78, 5) is 32.9. The Morgan fingerprint density at radius 3 is 2.48 bits per heavy atom. The fourth-order valence-corrected chi connectivity index (χ4v) is 4.40. The molecule has 1 aromatic heterocycles. The van der Waals surface area contributed by atoms with Crippen molar-refractivity contribution in [3.63, 3.8) is 0 Å². The van der Waals surface area contributed by atoms with Crippen LogP contribution in [0.1, 0.15) is 51.0 Å². The number of hydrogen-bond donors (Lipinski definition) is 1. The molecule has 0 unspecified atom stereocenters. The van der Waals surface area contributed by atoms with Crippen LogP contribution < -0.4 is 5.73 Å². The van der Waals surface area contributed by atoms with Crippen LogP contribution in [0.4, 0.5) is 0 Å². The highest BCUT2D eigenvalue weighted by atomic mass is 35.5. The predicted molar refractivity (Wildman–Crippen MR) is 119 cm³/mol. The number of nitrogens with zero attached hydrogens (tertiary/aromatic N) is 3. The van der Waals surface area contributed by atoms with Gasteiger partial charge in [-0.3, -0.25) is 14.6 Å². The van der Waals surface area contributed by atoms with Gasteiger partial charge in [-0.25, -0.2) is 0 Å². The number of pyridine rings is 1. The van der Waals surface area contributed by atoms with E-state index < -0.39 is 0 Å². The zero-order valence-electron chi connectivity index (χ0n) is 17.2. The molecule has 1 atom stereocenters. The van der Waals surface area contributed by atoms with Crippen molar-refractivity contribution in [2.24, 2.45) is 11.1 Å². The first kappa shape index (κ1) is 25.7. The number of nitrogens with two attached hydrogens (primary N) is 1. The van der Waals surface area contributed by atoms with Crippen LogP contribution in [0.15, 0.2) is 24.5 Å². The maximum absolute atomic E-state index is 12.5. The zero-order valence-corrected chi connectivity index (χ0v) is 18.8. The third kappa shape index (κ3) is 6.56. The molecule has 3 heterocycles. The Labute approximate surface area is 186 Å². The van der Waals surface area contributed by atoms with E-state index in [1.165, 1.54) is 5.56 Å². The van der Waals surface area contributed by atoms with Crippen LogP contribution in [0.3, 0.4) is 0 Å². The van der Waals surface area contributed by atoms with Gasteiger partial charge in [-0.05, 0) is 55.2 Å². The summed E-state index contributed by atoms with van der Waals surface area (Å²) in [5.41, 5.74) is 7.39. The van der Waals surface area contributed by atoms with E-state index in [1.807, 2.05) is 21.9 Å². The lowest BCUT2D eigenvalue weighted by Gasteiger charge is -2.47. The summed E-state index contributed by atoms with van der Waals surface area (Å²) in [7, 11) is 0. The molecule has 2 fully saturated rings. The molecule has 2 N–H and O–H groups in total. The van der Waals surface area contributed by atoms with E-state index in [-0.39, 0.29) is 48.1 Å². The molecule has 1 aromatic rings. The second kappa shape index (κ2) is 11.7. The first-order valence-corrected chi connectivity index (χ1v) is 10.2. The average molecular weight is 445 g/mol. The van der Waals surface area contributed by atoms with Gasteiger partial charge in [-0.2, -0.15) is 0 Å². The smallest absolute Gasteiger partial charge is 0.239 e. The van der Waals surface area contributed by atoms with Gasteiger partial charge in [-0.1, -0.05) is 13.3 Å². The van der Waals surface area contributed by atoms with Crippen molar-refractivity contribution in [1.29, 1.82) is 0 Å². The number of rotatable bonds is 6. The monoisotopic (exact) mass is 444 g/mol. The van der Waals surface area contributed by atoms with Crippen LogP contribution in [0.25, 0.3) is 0 Å². The molecule has 2 amide bonds. The summed E-state index contributed by atoms with van der Waals surface area (Å²) >= 11 is 0. The van der Waals surface area contributed by atoms with Gasteiger partial charge in [0.15, 0.2) is 0 Å². The highest BCUT2D eigenvalue weighted by Gasteiger charge is 2.41. The number of hydrogen-bond acceptors (Lipinski definition) is 4. The van der Waals surface area contributed by atoms with Crippen molar-refractivity contribution in [1.82, 2.24) is 14.8 Å². The fourth-order valence-electron chi connectivity index (χ4n) is 4.40. The Balaban J connectivity index is 0.00000210. The first-order valence-electron chi connectivity index (χ1n) is 10.2. The van der Waals surface area contributed by atoms with Gasteiger partial charge in [0.25, 0.3) is 0 Å². The number of piperidine rings is 2. The van der Waals surface area contributed by atoms with E-state index in [0.717, 1.165) is 64.7 Å². The van der Waals surface area contributed by atoms with Crippen LogP contribution in [0.2, 0.25) is 0 Å². The van der Waals surface area contributed by atoms with Crippen LogP contribution in [0.5, 0.6) is 0 Å². The topological polar surface area (TPSA) is 79.5 Å². The maximum Gasteiger partial charge on any atom is 0.239 e. The molecule has 29 heavy (non-hydrogen) atoms. The fraction of sp³-hybridized carbons (Fsp3) is 0.667. The third-order valence-electron chi connectivity index (χ3n) is 6.22. The Morgan fingerprint density at radius 2 is 1.86 bits per heavy atom. The standard InChI is InChI=1S/C21H32N4O2.2ClH/c1-2-3-18(22)20(27)24-14-9-21(10-15-24)8-4-19(26)25(16-21)13-7-17-5-11-23-12-6-17;;/h5-6,11-12,18H,2-4,7-10,13-16,22H2,1H3;2*1H/t18-;;/m0../s1. The largest absolute Gasteiger partial charge is 0.342 e. The maximum atomic E-state index is 12.5. The number of amides is 2. The van der Waals surface area contributed by atoms with Gasteiger partial charge in [0.05, 0.1) is 6.04 Å². The Kier molecular flexibility index (Phi) is 10.4. The molecule has 0 bridgehead atoms. The summed E-state index contributed by atoms with van der Waals surface area (Å²) in [5, 5.41) is 0. The molecule has 2 saturated heterocycles. The van der Waals surface area contributed by atoms with Crippen molar-refractivity contribution < 1.29 is 9.59 Å². The molecule has 3 rings (SSSR count). The lowest BCUT2D eigenvalue weighted by molar-refractivity contribution is -0.143. The number of carbonyl (C=O) groups is 2. The van der Waals surface area contributed by atoms with Crippen molar-refractivity contribution in [2.75, 3.05) is 26.2 Å². The van der Waals surface area contributed by atoms with Crippen LogP contribution in [-0.2, 0) is 16.0 Å². The number of aromatic nitrogens is 1. The Morgan fingerprint density at radius 1 is 1.21 bits per heavy atom. The van der Waals surface area contributed by atoms with E-state index in [0.29, 0.717) is 6.42 Å². The van der Waals surface area contributed by atoms with Crippen molar-refractivity contribution >= 4 is 36.6 Å². The van der Waals surface area contributed by atoms with E-state index >= 15 is 0 Å². The number of carbonyl (C=O) groups excluding carboxylic acids is 2. The van der Waals surface area contributed by atoms with Crippen LogP contribution in [0, 0.1) is 5.41 Å². The summed E-state index contributed by atoms with van der Waals surface area (Å²) in [6.07, 6.45) is 9.64. The van der Waals surface area contributed by atoms with Gasteiger partial charge >= 0.3 is 0 Å². The van der Waals surface area contributed by atoms with E-state index in [4.69, 9.17) is 5.73 Å². The third-order valence-corrected chi connectivity index (χ3v) is 6.22. The Bertz CT molecular complexity index is 651. The molecule has 2 aliphatic heterocycles. The molecular formula is C21H34Cl2N4O2. The summed E-state index contributed by atoms with van der Waals surface area (Å²) in [6.45, 7) is 5.16. The quantitative estimate of drug-likeness (QED) is 0.731. The van der Waals surface area contributed by atoms with E-state index in [1.54, 1.807) is 12.4 Å². The second-order valence-electron chi connectivity index (χ2n) is 8.14.